The first-order valence-corrected chi connectivity index (χ1v) is 7.37. The van der Waals surface area contributed by atoms with Crippen molar-refractivity contribution in [3.8, 4) is 11.5 Å². The van der Waals surface area contributed by atoms with Crippen molar-refractivity contribution in [3.05, 3.63) is 56.0 Å². The molecule has 0 N–H and O–H groups in total. The van der Waals surface area contributed by atoms with E-state index in [1.807, 2.05) is 0 Å². The fourth-order valence-corrected chi connectivity index (χ4v) is 2.46. The van der Waals surface area contributed by atoms with Gasteiger partial charge in [0.15, 0.2) is 17.4 Å². The van der Waals surface area contributed by atoms with Gasteiger partial charge in [-0.2, -0.15) is 0 Å². The Morgan fingerprint density at radius 1 is 1.00 bits per heavy atom. The van der Waals surface area contributed by atoms with E-state index in [2.05, 4.69) is 15.9 Å². The lowest BCUT2D eigenvalue weighted by molar-refractivity contribution is 0.407. The first-order valence-electron chi connectivity index (χ1n) is 5.28. The number of rotatable bonds is 3. The SMILES string of the molecule is Fc1cc(CCl)cc(F)c1Oc1cc(Cl)c(Br)cc1Cl. The zero-order valence-corrected chi connectivity index (χ0v) is 13.5. The molecule has 0 bridgehead atoms. The lowest BCUT2D eigenvalue weighted by Gasteiger charge is -2.11. The van der Waals surface area contributed by atoms with Gasteiger partial charge in [0, 0.05) is 16.4 Å². The molecule has 0 aliphatic rings. The molecule has 2 rings (SSSR count). The van der Waals surface area contributed by atoms with Gasteiger partial charge in [-0.3, -0.25) is 0 Å². The molecule has 2 aromatic rings. The molecule has 0 heterocycles. The molecule has 0 radical (unpaired) electrons. The van der Waals surface area contributed by atoms with Crippen molar-refractivity contribution >= 4 is 50.7 Å². The molecule has 0 saturated heterocycles. The number of hydrogen-bond donors (Lipinski definition) is 0. The Hall–Kier alpha value is -0.550. The van der Waals surface area contributed by atoms with Gasteiger partial charge in [-0.05, 0) is 39.7 Å². The number of halogens is 6. The van der Waals surface area contributed by atoms with Gasteiger partial charge in [0.25, 0.3) is 0 Å². The Labute approximate surface area is 137 Å². The number of ether oxygens (including phenoxy) is 1. The molecule has 0 spiro atoms. The fourth-order valence-electron chi connectivity index (χ4n) is 1.48. The van der Waals surface area contributed by atoms with E-state index in [1.54, 1.807) is 0 Å². The smallest absolute Gasteiger partial charge is 0.198 e. The van der Waals surface area contributed by atoms with Gasteiger partial charge >= 0.3 is 0 Å². The Kier molecular flexibility index (Phi) is 5.13. The second-order valence-electron chi connectivity index (χ2n) is 3.82. The molecule has 2 aromatic carbocycles. The molecular formula is C13H6BrCl3F2O. The van der Waals surface area contributed by atoms with Gasteiger partial charge in [-0.25, -0.2) is 8.78 Å². The summed E-state index contributed by atoms with van der Waals surface area (Å²) in [4.78, 5) is 0. The summed E-state index contributed by atoms with van der Waals surface area (Å²) < 4.78 is 33.3. The van der Waals surface area contributed by atoms with Gasteiger partial charge in [0.2, 0.25) is 0 Å². The van der Waals surface area contributed by atoms with Crippen LogP contribution in [0.25, 0.3) is 0 Å². The standard InChI is InChI=1S/C13H6BrCl3F2O/c14-7-3-9(17)12(4-8(7)16)20-13-10(18)1-6(5-15)2-11(13)19/h1-4H,5H2. The van der Waals surface area contributed by atoms with Gasteiger partial charge in [0.05, 0.1) is 10.0 Å². The number of benzene rings is 2. The quantitative estimate of drug-likeness (QED) is 0.417. The fraction of sp³-hybridized carbons (Fsp3) is 0.0769. The summed E-state index contributed by atoms with van der Waals surface area (Å²) >= 11 is 20.5. The van der Waals surface area contributed by atoms with Crippen LogP contribution in [-0.4, -0.2) is 0 Å². The van der Waals surface area contributed by atoms with Crippen LogP contribution in [0.2, 0.25) is 10.0 Å². The Balaban J connectivity index is 2.42. The zero-order chi connectivity index (χ0) is 14.9. The zero-order valence-electron chi connectivity index (χ0n) is 9.69. The lowest BCUT2D eigenvalue weighted by Crippen LogP contribution is -1.95. The normalized spacial score (nSPS) is 10.7. The summed E-state index contributed by atoms with van der Waals surface area (Å²) in [6, 6.07) is 5.03. The van der Waals surface area contributed by atoms with E-state index in [0.717, 1.165) is 12.1 Å². The minimum Gasteiger partial charge on any atom is -0.450 e. The van der Waals surface area contributed by atoms with E-state index >= 15 is 0 Å². The third kappa shape index (κ3) is 3.37. The van der Waals surface area contributed by atoms with Crippen LogP contribution in [0.1, 0.15) is 5.56 Å². The predicted octanol–water partition coefficient (Wildman–Crippen LogP) is 6.57. The molecule has 0 amide bonds. The average Bonchev–Trinajstić information content (AvgIpc) is 2.39. The van der Waals surface area contributed by atoms with Crippen LogP contribution in [-0.2, 0) is 5.88 Å². The first-order chi connectivity index (χ1) is 9.42. The van der Waals surface area contributed by atoms with E-state index in [1.165, 1.54) is 12.1 Å². The van der Waals surface area contributed by atoms with Crippen LogP contribution in [0.3, 0.4) is 0 Å². The Bertz CT molecular complexity index is 641. The van der Waals surface area contributed by atoms with E-state index in [0.29, 0.717) is 15.1 Å². The molecule has 0 saturated carbocycles. The number of alkyl halides is 1. The molecular weight excluding hydrogens is 396 g/mol. The van der Waals surface area contributed by atoms with E-state index in [9.17, 15) is 8.78 Å². The highest BCUT2D eigenvalue weighted by Gasteiger charge is 2.16. The van der Waals surface area contributed by atoms with E-state index in [-0.39, 0.29) is 16.7 Å². The Morgan fingerprint density at radius 2 is 1.60 bits per heavy atom. The van der Waals surface area contributed by atoms with Crippen molar-refractivity contribution in [2.45, 2.75) is 5.88 Å². The molecule has 0 aromatic heterocycles. The largest absolute Gasteiger partial charge is 0.450 e. The van der Waals surface area contributed by atoms with Crippen molar-refractivity contribution in [1.82, 2.24) is 0 Å². The van der Waals surface area contributed by atoms with Crippen molar-refractivity contribution < 1.29 is 13.5 Å². The summed E-state index contributed by atoms with van der Waals surface area (Å²) in [6.45, 7) is 0. The Morgan fingerprint density at radius 3 is 2.15 bits per heavy atom. The van der Waals surface area contributed by atoms with Gasteiger partial charge in [-0.1, -0.05) is 23.2 Å². The summed E-state index contributed by atoms with van der Waals surface area (Å²) in [7, 11) is 0. The lowest BCUT2D eigenvalue weighted by atomic mass is 10.2. The molecule has 0 aliphatic heterocycles. The molecule has 0 aliphatic carbocycles. The molecule has 0 fully saturated rings. The maximum absolute atomic E-state index is 13.8. The monoisotopic (exact) mass is 400 g/mol. The second kappa shape index (κ2) is 6.48. The van der Waals surface area contributed by atoms with Gasteiger partial charge in [0.1, 0.15) is 5.75 Å². The van der Waals surface area contributed by atoms with Gasteiger partial charge < -0.3 is 4.74 Å². The molecule has 106 valence electrons. The summed E-state index contributed by atoms with van der Waals surface area (Å²) in [5.74, 6) is -2.24. The highest BCUT2D eigenvalue weighted by molar-refractivity contribution is 9.10. The summed E-state index contributed by atoms with van der Waals surface area (Å²) in [5.41, 5.74) is 0.314. The van der Waals surface area contributed by atoms with E-state index < -0.39 is 17.4 Å². The van der Waals surface area contributed by atoms with Crippen LogP contribution in [0.4, 0.5) is 8.78 Å². The van der Waals surface area contributed by atoms with Crippen molar-refractivity contribution in [1.29, 1.82) is 0 Å². The van der Waals surface area contributed by atoms with Gasteiger partial charge in [-0.15, -0.1) is 11.6 Å². The van der Waals surface area contributed by atoms with Crippen LogP contribution in [0, 0.1) is 11.6 Å². The molecule has 0 unspecified atom stereocenters. The summed E-state index contributed by atoms with van der Waals surface area (Å²) in [5, 5.41) is 0.476. The number of hydrogen-bond acceptors (Lipinski definition) is 1. The maximum Gasteiger partial charge on any atom is 0.198 e. The molecule has 20 heavy (non-hydrogen) atoms. The van der Waals surface area contributed by atoms with Crippen molar-refractivity contribution in [2.75, 3.05) is 0 Å². The van der Waals surface area contributed by atoms with Crippen molar-refractivity contribution in [3.63, 3.8) is 0 Å². The first kappa shape index (κ1) is 15.8. The van der Waals surface area contributed by atoms with Crippen LogP contribution >= 0.6 is 50.7 Å². The molecule has 1 nitrogen and oxygen atoms in total. The van der Waals surface area contributed by atoms with E-state index in [4.69, 9.17) is 39.5 Å². The highest BCUT2D eigenvalue weighted by atomic mass is 79.9. The maximum atomic E-state index is 13.8. The predicted molar refractivity (Wildman–Crippen MR) is 80.2 cm³/mol. The topological polar surface area (TPSA) is 9.23 Å². The van der Waals surface area contributed by atoms with Crippen molar-refractivity contribution in [2.24, 2.45) is 0 Å². The third-order valence-corrected chi connectivity index (χ3v) is 4.20. The second-order valence-corrected chi connectivity index (χ2v) is 5.76. The van der Waals surface area contributed by atoms with Crippen LogP contribution in [0.5, 0.6) is 11.5 Å². The third-order valence-electron chi connectivity index (χ3n) is 2.40. The van der Waals surface area contributed by atoms with Crippen LogP contribution < -0.4 is 4.74 Å². The molecule has 7 heteroatoms. The average molecular weight is 402 g/mol. The summed E-state index contributed by atoms with van der Waals surface area (Å²) in [6.07, 6.45) is 0. The highest BCUT2D eigenvalue weighted by Crippen LogP contribution is 2.38. The minimum atomic E-state index is -0.865. The van der Waals surface area contributed by atoms with Crippen LogP contribution in [0.15, 0.2) is 28.7 Å². The minimum absolute atomic E-state index is 0.00100. The molecule has 0 atom stereocenters.